The molecule has 7 heteroatoms. The van der Waals surface area contributed by atoms with Crippen LogP contribution in [0.1, 0.15) is 30.7 Å². The molecular formula is C15H16FN5S. The minimum Gasteiger partial charge on any atom is -0.388 e. The summed E-state index contributed by atoms with van der Waals surface area (Å²) in [5.74, 6) is 0.363. The summed E-state index contributed by atoms with van der Waals surface area (Å²) >= 11 is 4.84. The predicted molar refractivity (Wildman–Crippen MR) is 86.1 cm³/mol. The molecule has 5 nitrogen and oxygen atoms in total. The van der Waals surface area contributed by atoms with Gasteiger partial charge in [0.05, 0.1) is 5.69 Å². The monoisotopic (exact) mass is 317 g/mol. The van der Waals surface area contributed by atoms with Crippen LogP contribution in [0.25, 0.3) is 0 Å². The minimum absolute atomic E-state index is 0.213. The maximum absolute atomic E-state index is 14.0. The summed E-state index contributed by atoms with van der Waals surface area (Å²) < 4.78 is 14.0. The summed E-state index contributed by atoms with van der Waals surface area (Å²) in [6, 6.07) is 6.55. The van der Waals surface area contributed by atoms with Crippen LogP contribution in [-0.2, 0) is 5.41 Å². The second-order valence-corrected chi connectivity index (χ2v) is 5.93. The number of hydrogen-bond donors (Lipinski definition) is 2. The van der Waals surface area contributed by atoms with Gasteiger partial charge in [0.25, 0.3) is 0 Å². The van der Waals surface area contributed by atoms with Crippen molar-refractivity contribution < 1.29 is 4.39 Å². The normalized spacial score (nSPS) is 15.9. The number of aromatic nitrogens is 3. The molecule has 2 heterocycles. The van der Waals surface area contributed by atoms with Crippen LogP contribution in [0.3, 0.4) is 0 Å². The molecule has 0 aliphatic heterocycles. The van der Waals surface area contributed by atoms with E-state index in [1.54, 1.807) is 24.4 Å². The average molecular weight is 317 g/mol. The quantitative estimate of drug-likeness (QED) is 0.823. The van der Waals surface area contributed by atoms with Gasteiger partial charge in [0.2, 0.25) is 0 Å². The second-order valence-electron chi connectivity index (χ2n) is 5.49. The average Bonchev–Trinajstić information content (AvgIpc) is 2.48. The highest BCUT2D eigenvalue weighted by atomic mass is 32.1. The van der Waals surface area contributed by atoms with Crippen molar-refractivity contribution in [3.63, 3.8) is 0 Å². The van der Waals surface area contributed by atoms with Crippen molar-refractivity contribution in [1.82, 2.24) is 15.2 Å². The Balaban J connectivity index is 1.74. The van der Waals surface area contributed by atoms with Crippen LogP contribution >= 0.6 is 12.2 Å². The summed E-state index contributed by atoms with van der Waals surface area (Å²) in [4.78, 5) is 4.45. The molecule has 1 saturated carbocycles. The Bertz CT molecular complexity index is 685. The Morgan fingerprint density at radius 2 is 2.14 bits per heavy atom. The highest BCUT2D eigenvalue weighted by molar-refractivity contribution is 7.80. The zero-order chi connectivity index (χ0) is 15.6. The topological polar surface area (TPSA) is 76.7 Å². The Morgan fingerprint density at radius 3 is 2.68 bits per heavy atom. The van der Waals surface area contributed by atoms with Crippen LogP contribution in [0.5, 0.6) is 0 Å². The first kappa shape index (κ1) is 14.8. The van der Waals surface area contributed by atoms with Gasteiger partial charge in [-0.3, -0.25) is 4.98 Å². The van der Waals surface area contributed by atoms with E-state index in [1.165, 1.54) is 6.07 Å². The van der Waals surface area contributed by atoms with Gasteiger partial charge in [-0.05, 0) is 37.1 Å². The Hall–Kier alpha value is -2.15. The summed E-state index contributed by atoms with van der Waals surface area (Å²) in [6.07, 6.45) is 4.53. The van der Waals surface area contributed by atoms with Gasteiger partial charge >= 0.3 is 0 Å². The van der Waals surface area contributed by atoms with E-state index in [1.807, 2.05) is 0 Å². The molecule has 114 valence electrons. The molecule has 0 aromatic carbocycles. The molecule has 1 fully saturated rings. The first-order chi connectivity index (χ1) is 10.6. The van der Waals surface area contributed by atoms with Crippen molar-refractivity contribution >= 4 is 23.0 Å². The number of pyridine rings is 1. The van der Waals surface area contributed by atoms with Gasteiger partial charge in [-0.15, -0.1) is 10.2 Å². The lowest BCUT2D eigenvalue weighted by atomic mass is 9.66. The molecule has 22 heavy (non-hydrogen) atoms. The number of thiocarbonyl (C=S) groups is 1. The van der Waals surface area contributed by atoms with Gasteiger partial charge in [-0.2, -0.15) is 0 Å². The third kappa shape index (κ3) is 2.76. The molecule has 1 aliphatic rings. The highest BCUT2D eigenvalue weighted by Gasteiger charge is 2.41. The van der Waals surface area contributed by atoms with Gasteiger partial charge in [-0.1, -0.05) is 18.6 Å². The van der Waals surface area contributed by atoms with Crippen LogP contribution in [0.15, 0.2) is 30.5 Å². The van der Waals surface area contributed by atoms with E-state index in [9.17, 15) is 4.39 Å². The zero-order valence-corrected chi connectivity index (χ0v) is 12.7. The molecule has 0 bridgehead atoms. The van der Waals surface area contributed by atoms with E-state index in [2.05, 4.69) is 20.5 Å². The molecule has 1 aliphatic carbocycles. The molecule has 0 atom stereocenters. The highest BCUT2D eigenvalue weighted by Crippen LogP contribution is 2.43. The SMILES string of the molecule is NC(=S)c1ccc(NCC2(c3ncccc3F)CCC2)nn1. The van der Waals surface area contributed by atoms with E-state index >= 15 is 0 Å². The first-order valence-electron chi connectivity index (χ1n) is 7.09. The van der Waals surface area contributed by atoms with Gasteiger partial charge in [0, 0.05) is 18.2 Å². The molecule has 0 amide bonds. The summed E-state index contributed by atoms with van der Waals surface area (Å²) in [7, 11) is 0. The van der Waals surface area contributed by atoms with Crippen molar-refractivity contribution in [1.29, 1.82) is 0 Å². The van der Waals surface area contributed by atoms with Gasteiger partial charge in [0.15, 0.2) is 0 Å². The molecule has 3 N–H and O–H groups in total. The molecular weight excluding hydrogens is 301 g/mol. The van der Waals surface area contributed by atoms with Crippen molar-refractivity contribution in [2.75, 3.05) is 11.9 Å². The molecule has 0 spiro atoms. The van der Waals surface area contributed by atoms with Crippen LogP contribution in [0.4, 0.5) is 10.2 Å². The zero-order valence-electron chi connectivity index (χ0n) is 11.9. The Kier molecular flexibility index (Phi) is 3.98. The largest absolute Gasteiger partial charge is 0.388 e. The van der Waals surface area contributed by atoms with Crippen LogP contribution in [-0.4, -0.2) is 26.7 Å². The second kappa shape index (κ2) is 5.92. The molecule has 3 rings (SSSR count). The number of nitrogens with one attached hydrogen (secondary N) is 1. The molecule has 2 aromatic rings. The smallest absolute Gasteiger partial charge is 0.148 e. The third-order valence-corrected chi connectivity index (χ3v) is 4.31. The van der Waals surface area contributed by atoms with Crippen molar-refractivity contribution in [2.24, 2.45) is 5.73 Å². The molecule has 2 aromatic heterocycles. The van der Waals surface area contributed by atoms with E-state index in [4.69, 9.17) is 18.0 Å². The van der Waals surface area contributed by atoms with E-state index in [-0.39, 0.29) is 16.2 Å². The molecule has 0 radical (unpaired) electrons. The number of nitrogens with zero attached hydrogens (tertiary/aromatic N) is 3. The van der Waals surface area contributed by atoms with Crippen molar-refractivity contribution in [3.8, 4) is 0 Å². The minimum atomic E-state index is -0.269. The number of anilines is 1. The lowest BCUT2D eigenvalue weighted by Gasteiger charge is -2.41. The predicted octanol–water partition coefficient (Wildman–Crippen LogP) is 2.18. The van der Waals surface area contributed by atoms with E-state index < -0.39 is 0 Å². The lowest BCUT2D eigenvalue weighted by Crippen LogP contribution is -2.42. The summed E-state index contributed by atoms with van der Waals surface area (Å²) in [6.45, 7) is 0.571. The third-order valence-electron chi connectivity index (χ3n) is 4.10. The Labute approximate surface area is 133 Å². The maximum Gasteiger partial charge on any atom is 0.148 e. The van der Waals surface area contributed by atoms with Gasteiger partial charge in [-0.25, -0.2) is 4.39 Å². The fraction of sp³-hybridized carbons (Fsp3) is 0.333. The lowest BCUT2D eigenvalue weighted by molar-refractivity contribution is 0.243. The summed E-state index contributed by atoms with van der Waals surface area (Å²) in [5, 5.41) is 11.2. The van der Waals surface area contributed by atoms with Crippen molar-refractivity contribution in [3.05, 3.63) is 47.7 Å². The molecule has 0 saturated heterocycles. The number of nitrogens with two attached hydrogens (primary N) is 1. The van der Waals surface area contributed by atoms with Crippen molar-refractivity contribution in [2.45, 2.75) is 24.7 Å². The van der Waals surface area contributed by atoms with E-state index in [0.29, 0.717) is 23.8 Å². The van der Waals surface area contributed by atoms with Crippen LogP contribution in [0, 0.1) is 5.82 Å². The summed E-state index contributed by atoms with van der Waals surface area (Å²) in [5.41, 5.74) is 6.23. The maximum atomic E-state index is 14.0. The standard InChI is InChI=1S/C15H16FN5S/c16-10-3-1-8-18-13(10)15(6-2-7-15)9-19-12-5-4-11(14(17)22)20-21-12/h1,3-5,8H,2,6-7,9H2,(H2,17,22)(H,19,21). The number of halogens is 1. The molecule has 0 unspecified atom stereocenters. The van der Waals surface area contributed by atoms with Gasteiger partial charge < -0.3 is 11.1 Å². The van der Waals surface area contributed by atoms with E-state index in [0.717, 1.165) is 19.3 Å². The number of rotatable bonds is 5. The number of hydrogen-bond acceptors (Lipinski definition) is 5. The fourth-order valence-corrected chi connectivity index (χ4v) is 2.80. The Morgan fingerprint density at radius 1 is 1.32 bits per heavy atom. The van der Waals surface area contributed by atoms with Crippen LogP contribution in [0.2, 0.25) is 0 Å². The first-order valence-corrected chi connectivity index (χ1v) is 7.50. The fourth-order valence-electron chi connectivity index (χ4n) is 2.69. The van der Waals surface area contributed by atoms with Gasteiger partial charge in [0.1, 0.15) is 22.3 Å². The van der Waals surface area contributed by atoms with Crippen LogP contribution < -0.4 is 11.1 Å².